The summed E-state index contributed by atoms with van der Waals surface area (Å²) < 4.78 is 0. The Labute approximate surface area is 58.1 Å². The normalized spacial score (nSPS) is 9.11. The van der Waals surface area contributed by atoms with E-state index in [1.54, 1.807) is 19.4 Å². The van der Waals surface area contributed by atoms with E-state index >= 15 is 0 Å². The second-order valence-corrected chi connectivity index (χ2v) is 1.80. The van der Waals surface area contributed by atoms with Crippen molar-refractivity contribution in [1.29, 1.82) is 0 Å². The number of anilines is 1. The number of halogens is 1. The first-order valence-corrected chi connectivity index (χ1v) is 2.86. The van der Waals surface area contributed by atoms with Gasteiger partial charge in [0.05, 0.1) is 0 Å². The zero-order valence-electron chi connectivity index (χ0n) is 4.93. The van der Waals surface area contributed by atoms with Gasteiger partial charge in [0.15, 0.2) is 11.0 Å². The maximum absolute atomic E-state index is 5.59. The van der Waals surface area contributed by atoms with E-state index in [1.165, 1.54) is 0 Å². The first kappa shape index (κ1) is 6.29. The highest BCUT2D eigenvalue weighted by Crippen LogP contribution is 2.11. The fourth-order valence-corrected chi connectivity index (χ4v) is 0.688. The maximum atomic E-state index is 5.59. The van der Waals surface area contributed by atoms with Gasteiger partial charge < -0.3 is 5.32 Å². The molecule has 0 saturated heterocycles. The van der Waals surface area contributed by atoms with Crippen LogP contribution >= 0.6 is 11.6 Å². The molecule has 1 aromatic heterocycles. The molecule has 0 atom stereocenters. The van der Waals surface area contributed by atoms with Gasteiger partial charge in [0.2, 0.25) is 0 Å². The van der Waals surface area contributed by atoms with Crippen molar-refractivity contribution in [2.75, 3.05) is 12.4 Å². The largest absolute Gasteiger partial charge is 0.371 e. The molecule has 0 bridgehead atoms. The van der Waals surface area contributed by atoms with E-state index in [0.29, 0.717) is 11.0 Å². The van der Waals surface area contributed by atoms with Crippen LogP contribution in [0.25, 0.3) is 0 Å². The van der Waals surface area contributed by atoms with Gasteiger partial charge in [-0.2, -0.15) is 0 Å². The summed E-state index contributed by atoms with van der Waals surface area (Å²) >= 11 is 5.59. The van der Waals surface area contributed by atoms with E-state index in [-0.39, 0.29) is 0 Å². The molecule has 0 aliphatic carbocycles. The molecular weight excluding hydrogens is 138 g/mol. The van der Waals surface area contributed by atoms with Crippen LogP contribution in [0.1, 0.15) is 0 Å². The lowest BCUT2D eigenvalue weighted by atomic mass is 10.7. The third-order valence-corrected chi connectivity index (χ3v) is 1.17. The predicted molar refractivity (Wildman–Crippen MR) is 36.6 cm³/mol. The molecule has 1 N–H and O–H groups in total. The molecule has 48 valence electrons. The Bertz CT molecular complexity index is 201. The summed E-state index contributed by atoms with van der Waals surface area (Å²) in [4.78, 5) is 7.68. The smallest absolute Gasteiger partial charge is 0.171 e. The maximum Gasteiger partial charge on any atom is 0.171 e. The average molecular weight is 144 g/mol. The molecule has 0 spiro atoms. The molecule has 0 aliphatic rings. The SMILES string of the molecule is CNc1nccnc1Cl. The van der Waals surface area contributed by atoms with E-state index in [0.717, 1.165) is 0 Å². The number of rotatable bonds is 1. The average Bonchev–Trinajstić information content (AvgIpc) is 1.89. The van der Waals surface area contributed by atoms with E-state index in [2.05, 4.69) is 15.3 Å². The first-order valence-electron chi connectivity index (χ1n) is 2.49. The highest BCUT2D eigenvalue weighted by atomic mass is 35.5. The summed E-state index contributed by atoms with van der Waals surface area (Å²) in [5, 5.41) is 3.19. The van der Waals surface area contributed by atoms with Gasteiger partial charge in [-0.05, 0) is 0 Å². The number of nitrogens with one attached hydrogen (secondary N) is 1. The van der Waals surface area contributed by atoms with Crippen LogP contribution < -0.4 is 5.32 Å². The van der Waals surface area contributed by atoms with Crippen LogP contribution in [0.3, 0.4) is 0 Å². The van der Waals surface area contributed by atoms with Gasteiger partial charge in [-0.3, -0.25) is 0 Å². The predicted octanol–water partition coefficient (Wildman–Crippen LogP) is 1.17. The van der Waals surface area contributed by atoms with E-state index in [9.17, 15) is 0 Å². The van der Waals surface area contributed by atoms with Crippen molar-refractivity contribution in [2.24, 2.45) is 0 Å². The molecule has 1 rings (SSSR count). The van der Waals surface area contributed by atoms with Crippen LogP contribution in [0, 0.1) is 0 Å². The van der Waals surface area contributed by atoms with Crippen LogP contribution in [0.4, 0.5) is 5.82 Å². The van der Waals surface area contributed by atoms with Gasteiger partial charge in [-0.25, -0.2) is 9.97 Å². The number of nitrogens with zero attached hydrogens (tertiary/aromatic N) is 2. The fraction of sp³-hybridized carbons (Fsp3) is 0.200. The molecule has 0 saturated carbocycles. The lowest BCUT2D eigenvalue weighted by Crippen LogP contribution is -1.93. The summed E-state index contributed by atoms with van der Waals surface area (Å²) in [6, 6.07) is 0. The van der Waals surface area contributed by atoms with Gasteiger partial charge in [0.1, 0.15) is 0 Å². The molecule has 0 amide bonds. The van der Waals surface area contributed by atoms with Gasteiger partial charge in [0.25, 0.3) is 0 Å². The fourth-order valence-electron chi connectivity index (χ4n) is 0.489. The highest BCUT2D eigenvalue weighted by Gasteiger charge is 1.95. The van der Waals surface area contributed by atoms with Crippen LogP contribution in [-0.2, 0) is 0 Å². The molecule has 0 fully saturated rings. The summed E-state index contributed by atoms with van der Waals surface area (Å²) in [6.07, 6.45) is 3.13. The Kier molecular flexibility index (Phi) is 1.85. The third-order valence-electron chi connectivity index (χ3n) is 0.890. The van der Waals surface area contributed by atoms with Crippen molar-refractivity contribution >= 4 is 17.4 Å². The quantitative estimate of drug-likeness (QED) is 0.642. The molecule has 9 heavy (non-hydrogen) atoms. The van der Waals surface area contributed by atoms with Crippen molar-refractivity contribution in [2.45, 2.75) is 0 Å². The van der Waals surface area contributed by atoms with Crippen LogP contribution in [0.5, 0.6) is 0 Å². The van der Waals surface area contributed by atoms with Crippen LogP contribution in [-0.4, -0.2) is 17.0 Å². The monoisotopic (exact) mass is 143 g/mol. The number of aromatic nitrogens is 2. The Morgan fingerprint density at radius 2 is 2.11 bits per heavy atom. The highest BCUT2D eigenvalue weighted by molar-refractivity contribution is 6.31. The summed E-state index contributed by atoms with van der Waals surface area (Å²) in [5.74, 6) is 0.610. The van der Waals surface area contributed by atoms with Crippen molar-refractivity contribution in [3.05, 3.63) is 17.5 Å². The topological polar surface area (TPSA) is 37.8 Å². The van der Waals surface area contributed by atoms with Crippen molar-refractivity contribution < 1.29 is 0 Å². The zero-order valence-corrected chi connectivity index (χ0v) is 5.68. The van der Waals surface area contributed by atoms with Gasteiger partial charge in [-0.15, -0.1) is 0 Å². The van der Waals surface area contributed by atoms with E-state index in [4.69, 9.17) is 11.6 Å². The standard InChI is InChI=1S/C5H6ClN3/c1-7-5-4(6)8-2-3-9-5/h2-3H,1H3,(H,7,9). The molecule has 4 heteroatoms. The Morgan fingerprint density at radius 1 is 1.44 bits per heavy atom. The third kappa shape index (κ3) is 1.29. The Morgan fingerprint density at radius 3 is 2.56 bits per heavy atom. The van der Waals surface area contributed by atoms with Crippen molar-refractivity contribution in [3.8, 4) is 0 Å². The lowest BCUT2D eigenvalue weighted by molar-refractivity contribution is 1.19. The summed E-state index contributed by atoms with van der Waals surface area (Å²) in [6.45, 7) is 0. The minimum absolute atomic E-state index is 0.403. The van der Waals surface area contributed by atoms with Crippen molar-refractivity contribution in [3.63, 3.8) is 0 Å². The molecule has 0 aliphatic heterocycles. The molecule has 0 aromatic carbocycles. The molecule has 1 aromatic rings. The van der Waals surface area contributed by atoms with E-state index in [1.807, 2.05) is 0 Å². The summed E-state index contributed by atoms with van der Waals surface area (Å²) in [7, 11) is 1.75. The number of hydrogen-bond donors (Lipinski definition) is 1. The van der Waals surface area contributed by atoms with Gasteiger partial charge in [0, 0.05) is 19.4 Å². The molecule has 1 heterocycles. The lowest BCUT2D eigenvalue weighted by Gasteiger charge is -1.96. The van der Waals surface area contributed by atoms with Crippen LogP contribution in [0.2, 0.25) is 5.15 Å². The molecule has 3 nitrogen and oxygen atoms in total. The second kappa shape index (κ2) is 2.64. The molecular formula is C5H6ClN3. The summed E-state index contributed by atoms with van der Waals surface area (Å²) in [5.41, 5.74) is 0. The first-order chi connectivity index (χ1) is 4.34. The molecule has 0 unspecified atom stereocenters. The van der Waals surface area contributed by atoms with Crippen molar-refractivity contribution in [1.82, 2.24) is 9.97 Å². The molecule has 0 radical (unpaired) electrons. The Balaban J connectivity index is 3.01. The van der Waals surface area contributed by atoms with Crippen LogP contribution in [0.15, 0.2) is 12.4 Å². The zero-order chi connectivity index (χ0) is 6.69. The minimum Gasteiger partial charge on any atom is -0.371 e. The number of hydrogen-bond acceptors (Lipinski definition) is 3. The van der Waals surface area contributed by atoms with E-state index < -0.39 is 0 Å². The van der Waals surface area contributed by atoms with Gasteiger partial charge >= 0.3 is 0 Å². The minimum atomic E-state index is 0.403. The Hall–Kier alpha value is -0.830. The second-order valence-electron chi connectivity index (χ2n) is 1.45. The van der Waals surface area contributed by atoms with Gasteiger partial charge in [-0.1, -0.05) is 11.6 Å².